The number of carbonyl (C=O) groups excluding carboxylic acids is 1. The molecule has 0 saturated heterocycles. The molecular formula is C16H25NO4S. The van der Waals surface area contributed by atoms with Crippen molar-refractivity contribution in [3.8, 4) is 0 Å². The molecule has 124 valence electrons. The second-order valence-corrected chi connectivity index (χ2v) is 7.95. The van der Waals surface area contributed by atoms with E-state index in [-0.39, 0.29) is 10.3 Å². The second kappa shape index (κ2) is 6.79. The molecule has 1 amide bonds. The number of hydrogen-bond acceptors (Lipinski definition) is 4. The first-order chi connectivity index (χ1) is 9.99. The highest BCUT2D eigenvalue weighted by molar-refractivity contribution is 7.90. The molecular weight excluding hydrogens is 302 g/mol. The van der Waals surface area contributed by atoms with Crippen LogP contribution in [0.1, 0.15) is 45.7 Å². The number of sulfonamides is 1. The van der Waals surface area contributed by atoms with Crippen LogP contribution in [0.4, 0.5) is 0 Å². The molecule has 0 radical (unpaired) electrons. The van der Waals surface area contributed by atoms with Crippen molar-refractivity contribution in [1.29, 1.82) is 0 Å². The molecule has 1 rings (SSSR count). The highest BCUT2D eigenvalue weighted by Crippen LogP contribution is 2.26. The van der Waals surface area contributed by atoms with E-state index in [9.17, 15) is 13.2 Å². The number of ether oxygens (including phenoxy) is 1. The van der Waals surface area contributed by atoms with Gasteiger partial charge in [0.15, 0.2) is 0 Å². The van der Waals surface area contributed by atoms with Crippen LogP contribution in [0.3, 0.4) is 0 Å². The molecule has 22 heavy (non-hydrogen) atoms. The van der Waals surface area contributed by atoms with Gasteiger partial charge in [-0.2, -0.15) is 0 Å². The largest absolute Gasteiger partial charge is 0.369 e. The topological polar surface area (TPSA) is 72.5 Å². The molecule has 1 aromatic carbocycles. The van der Waals surface area contributed by atoms with Gasteiger partial charge in [0.2, 0.25) is 0 Å². The average Bonchev–Trinajstić information content (AvgIpc) is 2.37. The van der Waals surface area contributed by atoms with Crippen molar-refractivity contribution >= 4 is 15.9 Å². The van der Waals surface area contributed by atoms with Gasteiger partial charge in [-0.25, -0.2) is 13.1 Å². The van der Waals surface area contributed by atoms with E-state index in [1.54, 1.807) is 26.0 Å². The van der Waals surface area contributed by atoms with Crippen molar-refractivity contribution in [2.24, 2.45) is 0 Å². The van der Waals surface area contributed by atoms with Crippen LogP contribution >= 0.6 is 0 Å². The van der Waals surface area contributed by atoms with Gasteiger partial charge in [-0.05, 0) is 43.4 Å². The average molecular weight is 327 g/mol. The van der Waals surface area contributed by atoms with Crippen LogP contribution in [0.15, 0.2) is 23.1 Å². The van der Waals surface area contributed by atoms with E-state index in [2.05, 4.69) is 4.72 Å². The number of amides is 1. The third kappa shape index (κ3) is 4.55. The number of hydrogen-bond donors (Lipinski definition) is 1. The monoisotopic (exact) mass is 327 g/mol. The van der Waals surface area contributed by atoms with Gasteiger partial charge in [0, 0.05) is 6.61 Å². The summed E-state index contributed by atoms with van der Waals surface area (Å²) in [5.74, 6) is -0.664. The van der Waals surface area contributed by atoms with E-state index in [0.717, 1.165) is 5.56 Å². The highest BCUT2D eigenvalue weighted by Gasteiger charge is 2.25. The van der Waals surface area contributed by atoms with Crippen molar-refractivity contribution in [2.45, 2.75) is 58.0 Å². The zero-order chi connectivity index (χ0) is 17.1. The van der Waals surface area contributed by atoms with Crippen molar-refractivity contribution in [3.63, 3.8) is 0 Å². The second-order valence-electron chi connectivity index (χ2n) is 6.30. The zero-order valence-corrected chi connectivity index (χ0v) is 14.9. The summed E-state index contributed by atoms with van der Waals surface area (Å²) in [6.45, 7) is 11.3. The highest BCUT2D eigenvalue weighted by atomic mass is 32.2. The summed E-state index contributed by atoms with van der Waals surface area (Å²) in [4.78, 5) is 12.0. The number of rotatable bonds is 5. The minimum atomic E-state index is -3.92. The maximum atomic E-state index is 12.5. The first-order valence-electron chi connectivity index (χ1n) is 7.28. The Morgan fingerprint density at radius 3 is 2.41 bits per heavy atom. The summed E-state index contributed by atoms with van der Waals surface area (Å²) >= 11 is 0. The SMILES string of the molecule is CCOC(C)C(=O)NS(=O)(=O)c1cc(C(C)(C)C)ccc1C. The van der Waals surface area contributed by atoms with Crippen LogP contribution in [0.5, 0.6) is 0 Å². The Kier molecular flexibility index (Phi) is 5.76. The van der Waals surface area contributed by atoms with Crippen molar-refractivity contribution in [1.82, 2.24) is 4.72 Å². The predicted octanol–water partition coefficient (Wildman–Crippen LogP) is 2.52. The minimum absolute atomic E-state index is 0.122. The molecule has 0 saturated carbocycles. The van der Waals surface area contributed by atoms with Gasteiger partial charge >= 0.3 is 0 Å². The van der Waals surface area contributed by atoms with Gasteiger partial charge in [-0.15, -0.1) is 0 Å². The standard InChI is InChI=1S/C16H25NO4S/c1-7-21-12(3)15(18)17-22(19,20)14-10-13(16(4,5)6)9-8-11(14)2/h8-10,12H,7H2,1-6H3,(H,17,18). The Morgan fingerprint density at radius 1 is 1.32 bits per heavy atom. The third-order valence-electron chi connectivity index (χ3n) is 3.36. The summed E-state index contributed by atoms with van der Waals surface area (Å²) in [7, 11) is -3.92. The van der Waals surface area contributed by atoms with Crippen LogP contribution in [-0.2, 0) is 25.0 Å². The smallest absolute Gasteiger partial charge is 0.264 e. The van der Waals surface area contributed by atoms with Gasteiger partial charge in [-0.3, -0.25) is 4.79 Å². The normalized spacial score (nSPS) is 13.7. The predicted molar refractivity (Wildman–Crippen MR) is 86.3 cm³/mol. The van der Waals surface area contributed by atoms with Crippen LogP contribution < -0.4 is 4.72 Å². The van der Waals surface area contributed by atoms with Gasteiger partial charge in [0.1, 0.15) is 6.10 Å². The van der Waals surface area contributed by atoms with Gasteiger partial charge in [0.25, 0.3) is 15.9 Å². The Hall–Kier alpha value is -1.40. The molecule has 0 aliphatic carbocycles. The summed E-state index contributed by atoms with van der Waals surface area (Å²) in [5.41, 5.74) is 1.31. The number of benzene rings is 1. The lowest BCUT2D eigenvalue weighted by Crippen LogP contribution is -2.38. The molecule has 1 N–H and O–H groups in total. The molecule has 0 aliphatic heterocycles. The summed E-state index contributed by atoms with van der Waals surface area (Å²) in [6, 6.07) is 5.28. The molecule has 0 spiro atoms. The number of carbonyl (C=O) groups is 1. The van der Waals surface area contributed by atoms with E-state index < -0.39 is 22.0 Å². The van der Waals surface area contributed by atoms with Crippen LogP contribution in [0.25, 0.3) is 0 Å². The maximum absolute atomic E-state index is 12.5. The van der Waals surface area contributed by atoms with Gasteiger partial charge in [-0.1, -0.05) is 32.9 Å². The quantitative estimate of drug-likeness (QED) is 0.902. The van der Waals surface area contributed by atoms with E-state index >= 15 is 0 Å². The lowest BCUT2D eigenvalue weighted by atomic mass is 9.87. The number of nitrogens with one attached hydrogen (secondary N) is 1. The fourth-order valence-corrected chi connectivity index (χ4v) is 3.27. The lowest BCUT2D eigenvalue weighted by Gasteiger charge is -2.21. The molecule has 0 heterocycles. The molecule has 1 aromatic rings. The van der Waals surface area contributed by atoms with E-state index in [0.29, 0.717) is 12.2 Å². The zero-order valence-electron chi connectivity index (χ0n) is 14.1. The molecule has 1 unspecified atom stereocenters. The van der Waals surface area contributed by atoms with Crippen LogP contribution in [0.2, 0.25) is 0 Å². The Morgan fingerprint density at radius 2 is 1.91 bits per heavy atom. The Balaban J connectivity index is 3.15. The summed E-state index contributed by atoms with van der Waals surface area (Å²) in [6.07, 6.45) is -0.814. The molecule has 1 atom stereocenters. The molecule has 0 bridgehead atoms. The van der Waals surface area contributed by atoms with Crippen molar-refractivity contribution in [2.75, 3.05) is 6.61 Å². The Labute approximate surface area is 133 Å². The van der Waals surface area contributed by atoms with Crippen molar-refractivity contribution in [3.05, 3.63) is 29.3 Å². The van der Waals surface area contributed by atoms with E-state index in [4.69, 9.17) is 4.74 Å². The van der Waals surface area contributed by atoms with Crippen molar-refractivity contribution < 1.29 is 17.9 Å². The maximum Gasteiger partial charge on any atom is 0.264 e. The number of aryl methyl sites for hydroxylation is 1. The fourth-order valence-electron chi connectivity index (χ4n) is 1.95. The molecule has 0 aromatic heterocycles. The van der Waals surface area contributed by atoms with Gasteiger partial charge < -0.3 is 4.74 Å². The molecule has 6 heteroatoms. The first-order valence-corrected chi connectivity index (χ1v) is 8.76. The lowest BCUT2D eigenvalue weighted by molar-refractivity contribution is -0.129. The van der Waals surface area contributed by atoms with Crippen LogP contribution in [0, 0.1) is 6.92 Å². The first kappa shape index (κ1) is 18.6. The van der Waals surface area contributed by atoms with E-state index in [1.807, 2.05) is 26.8 Å². The van der Waals surface area contributed by atoms with E-state index in [1.165, 1.54) is 6.92 Å². The summed E-state index contributed by atoms with van der Waals surface area (Å²) < 4.78 is 32.1. The van der Waals surface area contributed by atoms with Gasteiger partial charge in [0.05, 0.1) is 4.90 Å². The summed E-state index contributed by atoms with van der Waals surface area (Å²) in [5, 5.41) is 0. The third-order valence-corrected chi connectivity index (χ3v) is 4.85. The Bertz CT molecular complexity index is 645. The molecule has 0 fully saturated rings. The fraction of sp³-hybridized carbons (Fsp3) is 0.562. The van der Waals surface area contributed by atoms with Crippen LogP contribution in [-0.4, -0.2) is 27.0 Å². The molecule has 0 aliphatic rings. The molecule has 5 nitrogen and oxygen atoms in total. The minimum Gasteiger partial charge on any atom is -0.369 e.